The topological polar surface area (TPSA) is 84.8 Å². The number of epoxide rings is 1. The molecule has 0 radical (unpaired) electrons. The average molecular weight is 182 g/mol. The summed E-state index contributed by atoms with van der Waals surface area (Å²) < 4.78 is 4.73. The molecule has 2 rings (SSSR count). The molecule has 1 atom stereocenters. The van der Waals surface area contributed by atoms with Gasteiger partial charge in [-0.25, -0.2) is 0 Å². The molecule has 72 valence electrons. The first-order valence-corrected chi connectivity index (χ1v) is 4.08. The number of nitrogens with two attached hydrogens (primary N) is 2. The van der Waals surface area contributed by atoms with Crippen molar-refractivity contribution in [2.75, 3.05) is 18.9 Å². The molecule has 0 saturated carbocycles. The van der Waals surface area contributed by atoms with Crippen molar-refractivity contribution in [2.45, 2.75) is 6.10 Å². The van der Waals surface area contributed by atoms with Crippen molar-refractivity contribution in [3.8, 4) is 5.75 Å². The Morgan fingerprint density at radius 2 is 2.23 bits per heavy atom. The highest BCUT2D eigenvalue weighted by molar-refractivity contribution is 5.42. The summed E-state index contributed by atoms with van der Waals surface area (Å²) in [6, 6.07) is 6.50. The summed E-state index contributed by atoms with van der Waals surface area (Å²) in [7, 11) is 0. The van der Waals surface area contributed by atoms with Gasteiger partial charge in [-0.05, 0) is 12.1 Å². The van der Waals surface area contributed by atoms with Crippen molar-refractivity contribution in [2.24, 2.45) is 5.73 Å². The molecular formula is C9H14N2O2. The Hall–Kier alpha value is -1.26. The van der Waals surface area contributed by atoms with Gasteiger partial charge in [0.05, 0.1) is 12.7 Å². The molecule has 1 fully saturated rings. The Kier molecular flexibility index (Phi) is 3.54. The van der Waals surface area contributed by atoms with Crippen molar-refractivity contribution < 1.29 is 9.84 Å². The molecule has 13 heavy (non-hydrogen) atoms. The predicted octanol–water partition coefficient (Wildman–Crippen LogP) is 0.318. The lowest BCUT2D eigenvalue weighted by molar-refractivity contribution is 0.412. The van der Waals surface area contributed by atoms with Crippen LogP contribution in [0.4, 0.5) is 5.69 Å². The molecule has 0 aromatic heterocycles. The van der Waals surface area contributed by atoms with Crippen LogP contribution in [0.15, 0.2) is 24.3 Å². The van der Waals surface area contributed by atoms with Gasteiger partial charge < -0.3 is 21.3 Å². The lowest BCUT2D eigenvalue weighted by atomic mass is 10.3. The standard InChI is InChI=1S/C6H7NO.C3H7NO/c7-5-2-1-3-6(8)4-5;4-1-3-2-5-3/h1-4,8H,7H2;3H,1-2,4H2. The third kappa shape index (κ3) is 4.35. The van der Waals surface area contributed by atoms with Gasteiger partial charge in [-0.1, -0.05) is 6.07 Å². The average Bonchev–Trinajstić information content (AvgIpc) is 2.87. The molecule has 0 bridgehead atoms. The molecular weight excluding hydrogens is 168 g/mol. The van der Waals surface area contributed by atoms with Crippen LogP contribution >= 0.6 is 0 Å². The van der Waals surface area contributed by atoms with E-state index in [1.165, 1.54) is 6.07 Å². The number of hydrogen-bond donors (Lipinski definition) is 3. The van der Waals surface area contributed by atoms with Crippen LogP contribution in [-0.2, 0) is 4.74 Å². The lowest BCUT2D eigenvalue weighted by Crippen LogP contribution is -2.05. The summed E-state index contributed by atoms with van der Waals surface area (Å²) >= 11 is 0. The summed E-state index contributed by atoms with van der Waals surface area (Å²) in [5.74, 6) is 0.213. The van der Waals surface area contributed by atoms with Crippen molar-refractivity contribution in [1.82, 2.24) is 0 Å². The minimum atomic E-state index is 0.213. The van der Waals surface area contributed by atoms with E-state index in [1.807, 2.05) is 0 Å². The number of phenols is 1. The maximum absolute atomic E-state index is 8.73. The van der Waals surface area contributed by atoms with Crippen molar-refractivity contribution >= 4 is 5.69 Å². The van der Waals surface area contributed by atoms with Crippen molar-refractivity contribution in [1.29, 1.82) is 0 Å². The van der Waals surface area contributed by atoms with Crippen LogP contribution in [0, 0.1) is 0 Å². The predicted molar refractivity (Wildman–Crippen MR) is 51.3 cm³/mol. The van der Waals surface area contributed by atoms with E-state index in [9.17, 15) is 0 Å². The highest BCUT2D eigenvalue weighted by Gasteiger charge is 2.18. The number of rotatable bonds is 1. The molecule has 4 nitrogen and oxygen atoms in total. The molecule has 1 aliphatic rings. The van der Waals surface area contributed by atoms with Gasteiger partial charge >= 0.3 is 0 Å². The molecule has 1 aliphatic heterocycles. The molecule has 0 aliphatic carbocycles. The third-order valence-corrected chi connectivity index (χ3v) is 1.54. The zero-order valence-electron chi connectivity index (χ0n) is 7.31. The smallest absolute Gasteiger partial charge is 0.117 e. The van der Waals surface area contributed by atoms with E-state index < -0.39 is 0 Å². The third-order valence-electron chi connectivity index (χ3n) is 1.54. The zero-order chi connectivity index (χ0) is 9.68. The Morgan fingerprint density at radius 3 is 2.46 bits per heavy atom. The van der Waals surface area contributed by atoms with E-state index in [-0.39, 0.29) is 5.75 Å². The largest absolute Gasteiger partial charge is 0.508 e. The second-order valence-corrected chi connectivity index (χ2v) is 2.79. The molecule has 0 spiro atoms. The molecule has 4 heteroatoms. The Bertz CT molecular complexity index is 244. The van der Waals surface area contributed by atoms with E-state index in [0.717, 1.165) is 6.61 Å². The van der Waals surface area contributed by atoms with Crippen LogP contribution in [0.25, 0.3) is 0 Å². The van der Waals surface area contributed by atoms with Crippen LogP contribution < -0.4 is 11.5 Å². The fraction of sp³-hybridized carbons (Fsp3) is 0.333. The molecule has 1 unspecified atom stereocenters. The minimum absolute atomic E-state index is 0.213. The SMILES string of the molecule is NCC1CO1.Nc1cccc(O)c1. The lowest BCUT2D eigenvalue weighted by Gasteiger charge is -1.90. The van der Waals surface area contributed by atoms with Gasteiger partial charge in [0.1, 0.15) is 5.75 Å². The molecule has 5 N–H and O–H groups in total. The maximum atomic E-state index is 8.73. The van der Waals surface area contributed by atoms with Gasteiger partial charge in [0.25, 0.3) is 0 Å². The maximum Gasteiger partial charge on any atom is 0.117 e. The fourth-order valence-corrected chi connectivity index (χ4v) is 0.729. The summed E-state index contributed by atoms with van der Waals surface area (Å²) in [6.07, 6.45) is 0.412. The molecule has 0 amide bonds. The Labute approximate surface area is 77.1 Å². The second kappa shape index (κ2) is 4.69. The number of benzene rings is 1. The van der Waals surface area contributed by atoms with Crippen LogP contribution in [0.2, 0.25) is 0 Å². The van der Waals surface area contributed by atoms with Crippen LogP contribution in [-0.4, -0.2) is 24.4 Å². The van der Waals surface area contributed by atoms with Crippen LogP contribution in [0.5, 0.6) is 5.75 Å². The Morgan fingerprint density at radius 1 is 1.54 bits per heavy atom. The number of nitrogen functional groups attached to an aromatic ring is 1. The highest BCUT2D eigenvalue weighted by Crippen LogP contribution is 2.10. The van der Waals surface area contributed by atoms with Gasteiger partial charge in [0.15, 0.2) is 0 Å². The number of anilines is 1. The van der Waals surface area contributed by atoms with E-state index in [4.69, 9.17) is 21.3 Å². The number of ether oxygens (including phenoxy) is 1. The monoisotopic (exact) mass is 182 g/mol. The van der Waals surface area contributed by atoms with Crippen LogP contribution in [0.3, 0.4) is 0 Å². The number of hydrogen-bond acceptors (Lipinski definition) is 4. The first-order chi connectivity index (χ1) is 6.22. The van der Waals surface area contributed by atoms with Gasteiger partial charge in [-0.15, -0.1) is 0 Å². The highest BCUT2D eigenvalue weighted by atomic mass is 16.6. The zero-order valence-corrected chi connectivity index (χ0v) is 7.31. The van der Waals surface area contributed by atoms with E-state index >= 15 is 0 Å². The van der Waals surface area contributed by atoms with Gasteiger partial charge in [-0.3, -0.25) is 0 Å². The number of phenolic OH excluding ortho intramolecular Hbond substituents is 1. The molecule has 1 aromatic carbocycles. The first-order valence-electron chi connectivity index (χ1n) is 4.08. The van der Waals surface area contributed by atoms with Crippen molar-refractivity contribution in [3.05, 3.63) is 24.3 Å². The summed E-state index contributed by atoms with van der Waals surface area (Å²) in [6.45, 7) is 1.58. The minimum Gasteiger partial charge on any atom is -0.508 e. The first kappa shape index (κ1) is 9.83. The van der Waals surface area contributed by atoms with Gasteiger partial charge in [-0.2, -0.15) is 0 Å². The summed E-state index contributed by atoms with van der Waals surface area (Å²) in [5.41, 5.74) is 11.0. The second-order valence-electron chi connectivity index (χ2n) is 2.79. The fourth-order valence-electron chi connectivity index (χ4n) is 0.729. The molecule has 1 saturated heterocycles. The summed E-state index contributed by atoms with van der Waals surface area (Å²) in [4.78, 5) is 0. The summed E-state index contributed by atoms with van der Waals surface area (Å²) in [5, 5.41) is 8.73. The Balaban J connectivity index is 0.000000145. The normalized spacial score (nSPS) is 18.7. The molecule has 1 aromatic rings. The van der Waals surface area contributed by atoms with E-state index in [0.29, 0.717) is 18.3 Å². The van der Waals surface area contributed by atoms with E-state index in [1.54, 1.807) is 18.2 Å². The quantitative estimate of drug-likeness (QED) is 0.431. The van der Waals surface area contributed by atoms with Crippen LogP contribution in [0.1, 0.15) is 0 Å². The van der Waals surface area contributed by atoms with E-state index in [2.05, 4.69) is 0 Å². The molecule has 1 heterocycles. The number of aromatic hydroxyl groups is 1. The van der Waals surface area contributed by atoms with Gasteiger partial charge in [0, 0.05) is 18.3 Å². The van der Waals surface area contributed by atoms with Crippen molar-refractivity contribution in [3.63, 3.8) is 0 Å². The van der Waals surface area contributed by atoms with Gasteiger partial charge in [0.2, 0.25) is 0 Å².